The molecule has 0 atom stereocenters. The Morgan fingerprint density at radius 1 is 1.14 bits per heavy atom. The van der Waals surface area contributed by atoms with Gasteiger partial charge in [0.15, 0.2) is 0 Å². The molecule has 5 nitrogen and oxygen atoms in total. The molecular weight excluding hydrogens is 286 g/mol. The molecule has 1 aromatic carbocycles. The molecule has 0 radical (unpaired) electrons. The summed E-state index contributed by atoms with van der Waals surface area (Å²) < 4.78 is 0. The van der Waals surface area contributed by atoms with Crippen molar-refractivity contribution in [2.75, 3.05) is 12.3 Å². The molecule has 0 saturated heterocycles. The van der Waals surface area contributed by atoms with Crippen LogP contribution in [0.1, 0.15) is 20.1 Å². The van der Waals surface area contributed by atoms with Crippen molar-refractivity contribution in [2.24, 2.45) is 5.73 Å². The van der Waals surface area contributed by atoms with Crippen molar-refractivity contribution in [3.8, 4) is 0 Å². The second kappa shape index (κ2) is 6.41. The van der Waals surface area contributed by atoms with Gasteiger partial charge in [0.2, 0.25) is 5.91 Å². The molecule has 0 aliphatic heterocycles. The minimum Gasteiger partial charge on any atom is -0.399 e. The van der Waals surface area contributed by atoms with Gasteiger partial charge in [-0.05, 0) is 36.8 Å². The summed E-state index contributed by atoms with van der Waals surface area (Å²) in [6.45, 7) is 2.14. The molecule has 4 N–H and O–H groups in total. The highest BCUT2D eigenvalue weighted by Crippen LogP contribution is 2.18. The zero-order valence-electron chi connectivity index (χ0n) is 11.7. The fourth-order valence-corrected chi connectivity index (χ4v) is 2.77. The zero-order chi connectivity index (χ0) is 15.4. The van der Waals surface area contributed by atoms with Gasteiger partial charge < -0.3 is 16.4 Å². The summed E-state index contributed by atoms with van der Waals surface area (Å²) in [5.74, 6) is -0.726. The number of thiophene rings is 1. The smallest absolute Gasteiger partial charge is 0.264 e. The van der Waals surface area contributed by atoms with Crippen LogP contribution in [0.4, 0.5) is 5.69 Å². The number of benzene rings is 1. The van der Waals surface area contributed by atoms with Crippen LogP contribution in [0.5, 0.6) is 0 Å². The largest absolute Gasteiger partial charge is 0.399 e. The topological polar surface area (TPSA) is 89.4 Å². The average Bonchev–Trinajstić information content (AvgIpc) is 2.86. The van der Waals surface area contributed by atoms with Gasteiger partial charge in [-0.2, -0.15) is 0 Å². The molecule has 2 rings (SSSR count). The van der Waals surface area contributed by atoms with E-state index in [2.05, 4.69) is 0 Å². The Morgan fingerprint density at radius 3 is 2.33 bits per heavy atom. The summed E-state index contributed by atoms with van der Waals surface area (Å²) in [6, 6.07) is 10.8. The Morgan fingerprint density at radius 2 is 1.81 bits per heavy atom. The van der Waals surface area contributed by atoms with E-state index in [4.69, 9.17) is 11.5 Å². The number of hydrogen-bond acceptors (Lipinski definition) is 4. The lowest BCUT2D eigenvalue weighted by Crippen LogP contribution is -2.37. The van der Waals surface area contributed by atoms with E-state index in [0.717, 1.165) is 10.4 Å². The number of aryl methyl sites for hydroxylation is 1. The Bertz CT molecular complexity index is 649. The van der Waals surface area contributed by atoms with E-state index < -0.39 is 5.91 Å². The Balaban J connectivity index is 2.19. The van der Waals surface area contributed by atoms with Crippen molar-refractivity contribution in [2.45, 2.75) is 13.5 Å². The summed E-state index contributed by atoms with van der Waals surface area (Å²) in [5.41, 5.74) is 12.4. The van der Waals surface area contributed by atoms with E-state index in [0.29, 0.717) is 17.1 Å². The lowest BCUT2D eigenvalue weighted by atomic mass is 10.2. The molecule has 0 saturated carbocycles. The molecule has 0 unspecified atom stereocenters. The summed E-state index contributed by atoms with van der Waals surface area (Å²) in [5, 5.41) is 0. The molecule has 0 aliphatic carbocycles. The molecule has 2 amide bonds. The fourth-order valence-electron chi connectivity index (χ4n) is 1.94. The zero-order valence-corrected chi connectivity index (χ0v) is 12.5. The Labute approximate surface area is 127 Å². The number of nitrogens with zero attached hydrogens (tertiary/aromatic N) is 1. The molecule has 21 heavy (non-hydrogen) atoms. The van der Waals surface area contributed by atoms with Crippen molar-refractivity contribution in [1.82, 2.24) is 4.90 Å². The quantitative estimate of drug-likeness (QED) is 0.825. The number of primary amides is 1. The monoisotopic (exact) mass is 303 g/mol. The third-order valence-corrected chi connectivity index (χ3v) is 3.93. The number of amides is 2. The van der Waals surface area contributed by atoms with Gasteiger partial charge in [-0.3, -0.25) is 9.59 Å². The van der Waals surface area contributed by atoms with Gasteiger partial charge in [0.25, 0.3) is 5.91 Å². The first kappa shape index (κ1) is 15.1. The SMILES string of the molecule is Cc1ccc(C(=O)N(CC(N)=O)Cc2ccc(N)cc2)s1. The first-order valence-corrected chi connectivity index (χ1v) is 7.26. The maximum Gasteiger partial charge on any atom is 0.264 e. The van der Waals surface area contributed by atoms with E-state index in [-0.39, 0.29) is 12.5 Å². The van der Waals surface area contributed by atoms with Gasteiger partial charge in [0, 0.05) is 17.1 Å². The molecule has 0 spiro atoms. The van der Waals surface area contributed by atoms with Gasteiger partial charge in [-0.15, -0.1) is 11.3 Å². The van der Waals surface area contributed by atoms with Crippen LogP contribution in [0.2, 0.25) is 0 Å². The van der Waals surface area contributed by atoms with Crippen LogP contribution in [0.15, 0.2) is 36.4 Å². The van der Waals surface area contributed by atoms with Crippen molar-refractivity contribution in [3.63, 3.8) is 0 Å². The normalized spacial score (nSPS) is 10.3. The lowest BCUT2D eigenvalue weighted by Gasteiger charge is -2.20. The number of nitrogens with two attached hydrogens (primary N) is 2. The van der Waals surface area contributed by atoms with Crippen LogP contribution >= 0.6 is 11.3 Å². The lowest BCUT2D eigenvalue weighted by molar-refractivity contribution is -0.118. The molecule has 0 fully saturated rings. The average molecular weight is 303 g/mol. The first-order valence-electron chi connectivity index (χ1n) is 6.44. The highest BCUT2D eigenvalue weighted by molar-refractivity contribution is 7.13. The van der Waals surface area contributed by atoms with Crippen LogP contribution in [-0.2, 0) is 11.3 Å². The molecule has 2 aromatic rings. The number of carbonyl (C=O) groups is 2. The first-order chi connectivity index (χ1) is 9.95. The number of nitrogen functional groups attached to an aromatic ring is 1. The third-order valence-electron chi connectivity index (χ3n) is 2.94. The molecular formula is C15H17N3O2S. The number of hydrogen-bond donors (Lipinski definition) is 2. The van der Waals surface area contributed by atoms with E-state index in [9.17, 15) is 9.59 Å². The van der Waals surface area contributed by atoms with Crippen molar-refractivity contribution >= 4 is 28.8 Å². The van der Waals surface area contributed by atoms with Crippen molar-refractivity contribution in [3.05, 3.63) is 51.7 Å². The minimum atomic E-state index is -0.535. The van der Waals surface area contributed by atoms with Crippen LogP contribution < -0.4 is 11.5 Å². The van der Waals surface area contributed by atoms with E-state index in [1.54, 1.807) is 18.2 Å². The molecule has 0 aliphatic rings. The number of anilines is 1. The predicted octanol–water partition coefficient (Wildman–Crippen LogP) is 1.77. The molecule has 1 heterocycles. The molecule has 0 bridgehead atoms. The number of rotatable bonds is 5. The van der Waals surface area contributed by atoms with Gasteiger partial charge in [-0.1, -0.05) is 12.1 Å². The molecule has 110 valence electrons. The minimum absolute atomic E-state index is 0.111. The van der Waals surface area contributed by atoms with Crippen molar-refractivity contribution in [1.29, 1.82) is 0 Å². The summed E-state index contributed by atoms with van der Waals surface area (Å²) in [7, 11) is 0. The molecule has 6 heteroatoms. The summed E-state index contributed by atoms with van der Waals surface area (Å²) in [6.07, 6.45) is 0. The van der Waals surface area contributed by atoms with Crippen LogP contribution in [0.25, 0.3) is 0 Å². The van der Waals surface area contributed by atoms with Crippen LogP contribution in [-0.4, -0.2) is 23.3 Å². The van der Waals surface area contributed by atoms with Gasteiger partial charge in [0.1, 0.15) is 6.54 Å². The predicted molar refractivity (Wildman–Crippen MR) is 83.8 cm³/mol. The Kier molecular flexibility index (Phi) is 4.59. The van der Waals surface area contributed by atoms with Crippen LogP contribution in [0.3, 0.4) is 0 Å². The van der Waals surface area contributed by atoms with Gasteiger partial charge >= 0.3 is 0 Å². The number of carbonyl (C=O) groups excluding carboxylic acids is 2. The molecule has 1 aromatic heterocycles. The maximum absolute atomic E-state index is 12.5. The highest BCUT2D eigenvalue weighted by Gasteiger charge is 2.19. The van der Waals surface area contributed by atoms with Gasteiger partial charge in [-0.25, -0.2) is 0 Å². The highest BCUT2D eigenvalue weighted by atomic mass is 32.1. The second-order valence-electron chi connectivity index (χ2n) is 4.78. The Hall–Kier alpha value is -2.34. The van der Waals surface area contributed by atoms with Gasteiger partial charge in [0.05, 0.1) is 4.88 Å². The van der Waals surface area contributed by atoms with Crippen LogP contribution in [0, 0.1) is 6.92 Å². The second-order valence-corrected chi connectivity index (χ2v) is 6.07. The maximum atomic E-state index is 12.5. The third kappa shape index (κ3) is 4.06. The fraction of sp³-hybridized carbons (Fsp3) is 0.200. The summed E-state index contributed by atoms with van der Waals surface area (Å²) >= 11 is 1.40. The standard InChI is InChI=1S/C15H17N3O2S/c1-10-2-7-13(21-10)15(20)18(9-14(17)19)8-11-3-5-12(16)6-4-11/h2-7H,8-9,16H2,1H3,(H2,17,19). The summed E-state index contributed by atoms with van der Waals surface area (Å²) in [4.78, 5) is 26.8. The van der Waals surface area contributed by atoms with E-state index in [1.165, 1.54) is 16.2 Å². The van der Waals surface area contributed by atoms with Crippen molar-refractivity contribution < 1.29 is 9.59 Å². The van der Waals surface area contributed by atoms with E-state index >= 15 is 0 Å². The van der Waals surface area contributed by atoms with E-state index in [1.807, 2.05) is 25.1 Å².